The van der Waals surface area contributed by atoms with Crippen LogP contribution in [0.3, 0.4) is 0 Å². The fourth-order valence-corrected chi connectivity index (χ4v) is 2.84. The Morgan fingerprint density at radius 1 is 1.62 bits per heavy atom. The lowest BCUT2D eigenvalue weighted by Crippen LogP contribution is -2.46. The fraction of sp³-hybridized carbons (Fsp3) is 0.727. The van der Waals surface area contributed by atoms with Gasteiger partial charge in [-0.15, -0.1) is 22.9 Å². The van der Waals surface area contributed by atoms with Crippen LogP contribution in [0, 0.1) is 6.92 Å². The van der Waals surface area contributed by atoms with Gasteiger partial charge in [0, 0.05) is 30.9 Å². The molecule has 0 N–H and O–H groups in total. The average Bonchev–Trinajstić information content (AvgIpc) is 2.63. The third-order valence-electron chi connectivity index (χ3n) is 2.63. The molecule has 1 saturated heterocycles. The number of aromatic nitrogens is 1. The van der Waals surface area contributed by atoms with Gasteiger partial charge < -0.3 is 4.74 Å². The zero-order chi connectivity index (χ0) is 11.5. The highest BCUT2D eigenvalue weighted by Gasteiger charge is 2.24. The number of morpholine rings is 1. The second kappa shape index (κ2) is 5.45. The van der Waals surface area contributed by atoms with E-state index in [9.17, 15) is 0 Å². The van der Waals surface area contributed by atoms with Crippen molar-refractivity contribution in [1.82, 2.24) is 9.88 Å². The lowest BCUT2D eigenvalue weighted by Gasteiger charge is -2.35. The van der Waals surface area contributed by atoms with Gasteiger partial charge in [0.1, 0.15) is 0 Å². The van der Waals surface area contributed by atoms with Gasteiger partial charge in [-0.05, 0) is 13.8 Å². The maximum absolute atomic E-state index is 5.85. The van der Waals surface area contributed by atoms with Crippen LogP contribution in [0.1, 0.15) is 17.6 Å². The van der Waals surface area contributed by atoms with E-state index in [-0.39, 0.29) is 12.2 Å². The summed E-state index contributed by atoms with van der Waals surface area (Å²) in [6.45, 7) is 6.91. The van der Waals surface area contributed by atoms with E-state index in [0.717, 1.165) is 30.3 Å². The summed E-state index contributed by atoms with van der Waals surface area (Å²) < 4.78 is 5.72. The number of halogens is 1. The van der Waals surface area contributed by atoms with Gasteiger partial charge in [-0.25, -0.2) is 4.98 Å². The number of aryl methyl sites for hydroxylation is 1. The molecule has 1 aliphatic heterocycles. The molecule has 0 spiro atoms. The van der Waals surface area contributed by atoms with Gasteiger partial charge in [-0.3, -0.25) is 4.90 Å². The number of rotatable bonds is 3. The van der Waals surface area contributed by atoms with E-state index in [1.807, 2.05) is 6.92 Å². The Morgan fingerprint density at radius 2 is 2.44 bits per heavy atom. The molecule has 0 bridgehead atoms. The molecular formula is C11H17ClN2OS. The van der Waals surface area contributed by atoms with Gasteiger partial charge >= 0.3 is 0 Å². The van der Waals surface area contributed by atoms with Crippen LogP contribution in [0.25, 0.3) is 0 Å². The molecule has 5 heteroatoms. The quantitative estimate of drug-likeness (QED) is 0.780. The zero-order valence-corrected chi connectivity index (χ0v) is 11.2. The Hall–Kier alpha value is -0.160. The summed E-state index contributed by atoms with van der Waals surface area (Å²) in [6.07, 6.45) is 0.419. The van der Waals surface area contributed by atoms with Crippen molar-refractivity contribution in [3.8, 4) is 0 Å². The molecular weight excluding hydrogens is 244 g/mol. The standard InChI is InChI=1S/C11H17ClN2OS/c1-8-4-14(6-11(3-12)15-8)5-10-7-16-9(2)13-10/h7-8,11H,3-6H2,1-2H3. The fourth-order valence-electron chi connectivity index (χ4n) is 2.06. The van der Waals surface area contributed by atoms with Crippen LogP contribution in [0.4, 0.5) is 0 Å². The number of thiazole rings is 1. The van der Waals surface area contributed by atoms with Crippen LogP contribution in [0.2, 0.25) is 0 Å². The van der Waals surface area contributed by atoms with Crippen LogP contribution in [0.5, 0.6) is 0 Å². The second-order valence-corrected chi connectivity index (χ2v) is 5.65. The predicted molar refractivity (Wildman–Crippen MR) is 67.2 cm³/mol. The number of hydrogen-bond acceptors (Lipinski definition) is 4. The SMILES string of the molecule is Cc1nc(CN2CC(C)OC(CCl)C2)cs1. The summed E-state index contributed by atoms with van der Waals surface area (Å²) in [4.78, 5) is 6.85. The van der Waals surface area contributed by atoms with E-state index in [1.54, 1.807) is 11.3 Å². The van der Waals surface area contributed by atoms with Gasteiger partial charge in [0.2, 0.25) is 0 Å². The molecule has 2 heterocycles. The van der Waals surface area contributed by atoms with Crippen molar-refractivity contribution in [3.63, 3.8) is 0 Å². The Kier molecular flexibility index (Phi) is 4.19. The molecule has 0 aliphatic carbocycles. The molecule has 1 fully saturated rings. The molecule has 90 valence electrons. The molecule has 2 rings (SSSR count). The molecule has 1 aromatic rings. The summed E-state index contributed by atoms with van der Waals surface area (Å²) >= 11 is 7.56. The summed E-state index contributed by atoms with van der Waals surface area (Å²) in [6, 6.07) is 0. The Labute approximate surface area is 105 Å². The first kappa shape index (κ1) is 12.3. The summed E-state index contributed by atoms with van der Waals surface area (Å²) in [7, 11) is 0. The van der Waals surface area contributed by atoms with Crippen LogP contribution < -0.4 is 0 Å². The lowest BCUT2D eigenvalue weighted by molar-refractivity contribution is -0.0691. The van der Waals surface area contributed by atoms with Crippen molar-refractivity contribution < 1.29 is 4.74 Å². The molecule has 0 saturated carbocycles. The molecule has 0 radical (unpaired) electrons. The normalized spacial score (nSPS) is 27.2. The first-order valence-corrected chi connectivity index (χ1v) is 6.93. The van der Waals surface area contributed by atoms with Crippen molar-refractivity contribution >= 4 is 22.9 Å². The third kappa shape index (κ3) is 3.17. The van der Waals surface area contributed by atoms with Gasteiger partial charge in [0.15, 0.2) is 0 Å². The van der Waals surface area contributed by atoms with E-state index in [0.29, 0.717) is 5.88 Å². The van der Waals surface area contributed by atoms with Crippen molar-refractivity contribution in [2.45, 2.75) is 32.6 Å². The summed E-state index contributed by atoms with van der Waals surface area (Å²) in [5, 5.41) is 3.26. The van der Waals surface area contributed by atoms with Crippen molar-refractivity contribution in [2.75, 3.05) is 19.0 Å². The number of nitrogens with zero attached hydrogens (tertiary/aromatic N) is 2. The average molecular weight is 261 g/mol. The zero-order valence-electron chi connectivity index (χ0n) is 9.65. The van der Waals surface area contributed by atoms with E-state index in [4.69, 9.17) is 16.3 Å². The number of hydrogen-bond donors (Lipinski definition) is 0. The molecule has 0 aromatic carbocycles. The van der Waals surface area contributed by atoms with Crippen molar-refractivity contribution in [3.05, 3.63) is 16.1 Å². The summed E-state index contributed by atoms with van der Waals surface area (Å²) in [5.41, 5.74) is 1.16. The van der Waals surface area contributed by atoms with Crippen LogP contribution in [0.15, 0.2) is 5.38 Å². The number of ether oxygens (including phenoxy) is 1. The predicted octanol–water partition coefficient (Wildman–Crippen LogP) is 2.28. The highest BCUT2D eigenvalue weighted by Crippen LogP contribution is 2.16. The van der Waals surface area contributed by atoms with Gasteiger partial charge in [-0.1, -0.05) is 0 Å². The smallest absolute Gasteiger partial charge is 0.0897 e. The monoisotopic (exact) mass is 260 g/mol. The van der Waals surface area contributed by atoms with Crippen LogP contribution in [-0.4, -0.2) is 41.1 Å². The topological polar surface area (TPSA) is 25.4 Å². The number of alkyl halides is 1. The molecule has 16 heavy (non-hydrogen) atoms. The molecule has 1 aliphatic rings. The second-order valence-electron chi connectivity index (χ2n) is 4.27. The molecule has 2 unspecified atom stereocenters. The van der Waals surface area contributed by atoms with Gasteiger partial charge in [0.05, 0.1) is 22.9 Å². The first-order chi connectivity index (χ1) is 7.67. The highest BCUT2D eigenvalue weighted by molar-refractivity contribution is 7.09. The van der Waals surface area contributed by atoms with E-state index < -0.39 is 0 Å². The van der Waals surface area contributed by atoms with Crippen molar-refractivity contribution in [1.29, 1.82) is 0 Å². The van der Waals surface area contributed by atoms with Gasteiger partial charge in [0.25, 0.3) is 0 Å². The van der Waals surface area contributed by atoms with E-state index in [2.05, 4.69) is 22.2 Å². The molecule has 0 amide bonds. The van der Waals surface area contributed by atoms with Crippen LogP contribution in [-0.2, 0) is 11.3 Å². The van der Waals surface area contributed by atoms with Crippen LogP contribution >= 0.6 is 22.9 Å². The van der Waals surface area contributed by atoms with E-state index >= 15 is 0 Å². The molecule has 1 aromatic heterocycles. The Balaban J connectivity index is 1.93. The Bertz CT molecular complexity index is 344. The lowest BCUT2D eigenvalue weighted by atomic mass is 10.2. The largest absolute Gasteiger partial charge is 0.371 e. The molecule has 2 atom stereocenters. The maximum atomic E-state index is 5.85. The molecule has 3 nitrogen and oxygen atoms in total. The maximum Gasteiger partial charge on any atom is 0.0897 e. The minimum atomic E-state index is 0.158. The van der Waals surface area contributed by atoms with E-state index in [1.165, 1.54) is 0 Å². The minimum absolute atomic E-state index is 0.158. The summed E-state index contributed by atoms with van der Waals surface area (Å²) in [5.74, 6) is 0.566. The third-order valence-corrected chi connectivity index (χ3v) is 3.79. The highest BCUT2D eigenvalue weighted by atomic mass is 35.5. The minimum Gasteiger partial charge on any atom is -0.371 e. The van der Waals surface area contributed by atoms with Crippen molar-refractivity contribution in [2.24, 2.45) is 0 Å². The Morgan fingerprint density at radius 3 is 3.06 bits per heavy atom. The first-order valence-electron chi connectivity index (χ1n) is 5.52. The van der Waals surface area contributed by atoms with Gasteiger partial charge in [-0.2, -0.15) is 0 Å².